The number of rotatable bonds is 6. The highest BCUT2D eigenvalue weighted by atomic mass is 32.2. The summed E-state index contributed by atoms with van der Waals surface area (Å²) in [6.45, 7) is 0. The van der Waals surface area contributed by atoms with Gasteiger partial charge in [0.2, 0.25) is 0 Å². The Morgan fingerprint density at radius 2 is 1.48 bits per heavy atom. The standard InChI is InChI=1S/C20H16F2N4O2S/c21-19(22)29-18-16(10-5-11-23-18)17(27)24-14-8-4-9-15(12-14)26-20(28)25-13-6-2-1-3-7-13/h1-12,19H,(H,24,27)(H2,25,26,28). The summed E-state index contributed by atoms with van der Waals surface area (Å²) in [4.78, 5) is 28.4. The van der Waals surface area contributed by atoms with Crippen LogP contribution in [0.2, 0.25) is 0 Å². The van der Waals surface area contributed by atoms with Crippen molar-refractivity contribution in [1.29, 1.82) is 0 Å². The van der Waals surface area contributed by atoms with Crippen LogP contribution in [0.3, 0.4) is 0 Å². The number of carbonyl (C=O) groups is 2. The molecule has 0 fully saturated rings. The Labute approximate surface area is 169 Å². The van der Waals surface area contributed by atoms with Crippen molar-refractivity contribution >= 4 is 40.8 Å². The van der Waals surface area contributed by atoms with Crippen LogP contribution in [0, 0.1) is 0 Å². The summed E-state index contributed by atoms with van der Waals surface area (Å²) in [5.74, 6) is -3.26. The SMILES string of the molecule is O=C(Nc1ccccc1)Nc1cccc(NC(=O)c2cccnc2SC(F)F)c1. The second-order valence-corrected chi connectivity index (χ2v) is 6.69. The zero-order valence-electron chi connectivity index (χ0n) is 14.9. The molecule has 3 N–H and O–H groups in total. The van der Waals surface area contributed by atoms with Crippen molar-refractivity contribution in [2.24, 2.45) is 0 Å². The van der Waals surface area contributed by atoms with Gasteiger partial charge in [0.15, 0.2) is 0 Å². The minimum atomic E-state index is -2.69. The van der Waals surface area contributed by atoms with Gasteiger partial charge in [-0.15, -0.1) is 0 Å². The molecule has 3 amide bonds. The van der Waals surface area contributed by atoms with E-state index in [-0.39, 0.29) is 22.4 Å². The van der Waals surface area contributed by atoms with Crippen molar-refractivity contribution < 1.29 is 18.4 Å². The van der Waals surface area contributed by atoms with E-state index in [1.54, 1.807) is 48.5 Å². The van der Waals surface area contributed by atoms with Crippen molar-refractivity contribution in [2.75, 3.05) is 16.0 Å². The predicted octanol–water partition coefficient (Wildman–Crippen LogP) is 5.29. The van der Waals surface area contributed by atoms with E-state index in [0.717, 1.165) is 0 Å². The van der Waals surface area contributed by atoms with Crippen molar-refractivity contribution in [3.8, 4) is 0 Å². The summed E-state index contributed by atoms with van der Waals surface area (Å²) in [5.41, 5.74) is 1.52. The number of nitrogens with one attached hydrogen (secondary N) is 3. The number of alkyl halides is 2. The lowest BCUT2D eigenvalue weighted by molar-refractivity contribution is 0.102. The van der Waals surface area contributed by atoms with Crippen LogP contribution in [0.1, 0.15) is 10.4 Å². The molecule has 0 radical (unpaired) electrons. The van der Waals surface area contributed by atoms with E-state index in [1.807, 2.05) is 6.07 Å². The van der Waals surface area contributed by atoms with E-state index in [0.29, 0.717) is 17.1 Å². The van der Waals surface area contributed by atoms with Crippen LogP contribution in [0.4, 0.5) is 30.6 Å². The molecule has 3 rings (SSSR count). The molecule has 0 aliphatic rings. The van der Waals surface area contributed by atoms with Gasteiger partial charge >= 0.3 is 6.03 Å². The predicted molar refractivity (Wildman–Crippen MR) is 110 cm³/mol. The summed E-state index contributed by atoms with van der Waals surface area (Å²) >= 11 is 0.206. The second kappa shape index (κ2) is 9.65. The van der Waals surface area contributed by atoms with Crippen LogP contribution in [0.15, 0.2) is 78.0 Å². The first-order valence-corrected chi connectivity index (χ1v) is 9.33. The van der Waals surface area contributed by atoms with Crippen molar-refractivity contribution in [1.82, 2.24) is 4.98 Å². The number of hydrogen-bond donors (Lipinski definition) is 3. The van der Waals surface area contributed by atoms with Gasteiger partial charge in [-0.1, -0.05) is 24.3 Å². The van der Waals surface area contributed by atoms with E-state index >= 15 is 0 Å². The molecule has 0 bridgehead atoms. The minimum absolute atomic E-state index is 0.0398. The molecule has 1 heterocycles. The lowest BCUT2D eigenvalue weighted by Gasteiger charge is -2.11. The number of amides is 3. The summed E-state index contributed by atoms with van der Waals surface area (Å²) < 4.78 is 25.3. The lowest BCUT2D eigenvalue weighted by Crippen LogP contribution is -2.19. The molecule has 0 unspecified atom stereocenters. The third kappa shape index (κ3) is 6.01. The fraction of sp³-hybridized carbons (Fsp3) is 0.0500. The number of anilines is 3. The highest BCUT2D eigenvalue weighted by molar-refractivity contribution is 7.99. The number of aromatic nitrogens is 1. The fourth-order valence-corrected chi connectivity index (χ4v) is 3.01. The van der Waals surface area contributed by atoms with Crippen LogP contribution >= 0.6 is 11.8 Å². The Morgan fingerprint density at radius 1 is 0.828 bits per heavy atom. The van der Waals surface area contributed by atoms with Gasteiger partial charge in [-0.3, -0.25) is 4.79 Å². The fourth-order valence-electron chi connectivity index (χ4n) is 2.43. The van der Waals surface area contributed by atoms with Crippen LogP contribution in [0.5, 0.6) is 0 Å². The number of para-hydroxylation sites is 1. The maximum atomic E-state index is 12.7. The molecule has 9 heteroatoms. The Hall–Kier alpha value is -3.46. The van der Waals surface area contributed by atoms with Gasteiger partial charge in [-0.25, -0.2) is 9.78 Å². The highest BCUT2D eigenvalue weighted by Gasteiger charge is 2.17. The Bertz CT molecular complexity index is 1000. The average molecular weight is 414 g/mol. The zero-order valence-corrected chi connectivity index (χ0v) is 15.7. The minimum Gasteiger partial charge on any atom is -0.322 e. The third-order valence-corrected chi connectivity index (χ3v) is 4.35. The summed E-state index contributed by atoms with van der Waals surface area (Å²) in [6, 6.07) is 17.9. The molecule has 0 aliphatic heterocycles. The van der Waals surface area contributed by atoms with Gasteiger partial charge in [0.05, 0.1) is 5.56 Å². The van der Waals surface area contributed by atoms with Crippen molar-refractivity contribution in [3.05, 3.63) is 78.5 Å². The number of urea groups is 1. The first-order valence-electron chi connectivity index (χ1n) is 8.45. The monoisotopic (exact) mass is 414 g/mol. The number of halogens is 2. The van der Waals surface area contributed by atoms with Gasteiger partial charge in [0.25, 0.3) is 11.7 Å². The van der Waals surface area contributed by atoms with Crippen LogP contribution in [0.25, 0.3) is 0 Å². The zero-order chi connectivity index (χ0) is 20.6. The summed E-state index contributed by atoms with van der Waals surface area (Å²) in [6.07, 6.45) is 1.34. The molecule has 3 aromatic rings. The topological polar surface area (TPSA) is 83.1 Å². The normalized spacial score (nSPS) is 10.4. The van der Waals surface area contributed by atoms with Crippen LogP contribution in [-0.4, -0.2) is 22.7 Å². The molecular weight excluding hydrogens is 398 g/mol. The molecule has 148 valence electrons. The molecule has 0 spiro atoms. The average Bonchev–Trinajstić information content (AvgIpc) is 2.69. The molecule has 0 saturated heterocycles. The van der Waals surface area contributed by atoms with Gasteiger partial charge in [-0.05, 0) is 54.2 Å². The van der Waals surface area contributed by atoms with E-state index in [4.69, 9.17) is 0 Å². The van der Waals surface area contributed by atoms with E-state index in [9.17, 15) is 18.4 Å². The Balaban J connectivity index is 1.67. The first-order chi connectivity index (χ1) is 14.0. The largest absolute Gasteiger partial charge is 0.323 e. The Morgan fingerprint density at radius 3 is 2.21 bits per heavy atom. The van der Waals surface area contributed by atoms with Crippen molar-refractivity contribution in [2.45, 2.75) is 10.8 Å². The number of pyridine rings is 1. The Kier molecular flexibility index (Phi) is 6.75. The molecule has 0 saturated carbocycles. The first kappa shape index (κ1) is 20.3. The van der Waals surface area contributed by atoms with Crippen LogP contribution in [-0.2, 0) is 0 Å². The van der Waals surface area contributed by atoms with Gasteiger partial charge in [0.1, 0.15) is 5.03 Å². The smallest absolute Gasteiger partial charge is 0.322 e. The number of nitrogens with zero attached hydrogens (tertiary/aromatic N) is 1. The maximum Gasteiger partial charge on any atom is 0.323 e. The van der Waals surface area contributed by atoms with E-state index in [1.165, 1.54) is 18.3 Å². The summed E-state index contributed by atoms with van der Waals surface area (Å²) in [5, 5.41) is 7.91. The number of carbonyl (C=O) groups excluding carboxylic acids is 2. The molecule has 2 aromatic carbocycles. The number of thioether (sulfide) groups is 1. The third-order valence-electron chi connectivity index (χ3n) is 3.63. The van der Waals surface area contributed by atoms with Crippen LogP contribution < -0.4 is 16.0 Å². The van der Waals surface area contributed by atoms with Gasteiger partial charge in [0, 0.05) is 23.3 Å². The second-order valence-electron chi connectivity index (χ2n) is 5.71. The summed E-state index contributed by atoms with van der Waals surface area (Å²) in [7, 11) is 0. The maximum absolute atomic E-state index is 12.7. The van der Waals surface area contributed by atoms with E-state index < -0.39 is 17.7 Å². The highest BCUT2D eigenvalue weighted by Crippen LogP contribution is 2.27. The number of hydrogen-bond acceptors (Lipinski definition) is 4. The van der Waals surface area contributed by atoms with Gasteiger partial charge < -0.3 is 16.0 Å². The molecule has 6 nitrogen and oxygen atoms in total. The van der Waals surface area contributed by atoms with Crippen molar-refractivity contribution in [3.63, 3.8) is 0 Å². The molecular formula is C20H16F2N4O2S. The quantitative estimate of drug-likeness (QED) is 0.479. The number of benzene rings is 2. The molecule has 1 aromatic heterocycles. The molecule has 0 aliphatic carbocycles. The molecule has 0 atom stereocenters. The van der Waals surface area contributed by atoms with Gasteiger partial charge in [-0.2, -0.15) is 8.78 Å². The van der Waals surface area contributed by atoms with E-state index in [2.05, 4.69) is 20.9 Å². The molecule has 29 heavy (non-hydrogen) atoms. The lowest BCUT2D eigenvalue weighted by atomic mass is 10.2.